The number of carbonyl (C=O) groups is 2. The minimum atomic E-state index is -1.54. The lowest BCUT2D eigenvalue weighted by Crippen LogP contribution is -2.36. The van der Waals surface area contributed by atoms with E-state index in [1.54, 1.807) is 0 Å². The van der Waals surface area contributed by atoms with Crippen LogP contribution in [0.25, 0.3) is 11.1 Å². The zero-order valence-corrected chi connectivity index (χ0v) is 17.0. The molecule has 1 aliphatic rings. The number of carbonyl (C=O) groups excluding carboxylic acids is 1. The maximum Gasteiger partial charge on any atom is 0.407 e. The van der Waals surface area contributed by atoms with Crippen LogP contribution in [0.1, 0.15) is 39.2 Å². The zero-order valence-electron chi connectivity index (χ0n) is 17.0. The second-order valence-electron chi connectivity index (χ2n) is 7.47. The van der Waals surface area contributed by atoms with Crippen molar-refractivity contribution in [2.75, 3.05) is 13.2 Å². The van der Waals surface area contributed by atoms with Crippen LogP contribution >= 0.6 is 0 Å². The Morgan fingerprint density at radius 2 is 1.59 bits per heavy atom. The topological polar surface area (TPSA) is 129 Å². The van der Waals surface area contributed by atoms with E-state index in [0.717, 1.165) is 22.3 Å². The number of amides is 1. The summed E-state index contributed by atoms with van der Waals surface area (Å²) in [5.41, 5.74) is 3.98. The average molecular weight is 434 g/mol. The summed E-state index contributed by atoms with van der Waals surface area (Å²) in [7, 11) is 0. The summed E-state index contributed by atoms with van der Waals surface area (Å²) in [5.74, 6) is -1.42. The average Bonchev–Trinajstić information content (AvgIpc) is 3.14. The third kappa shape index (κ3) is 4.18. The Kier molecular flexibility index (Phi) is 6.16. The second-order valence-corrected chi connectivity index (χ2v) is 7.47. The van der Waals surface area contributed by atoms with Gasteiger partial charge in [0.25, 0.3) is 0 Å². The lowest BCUT2D eigenvalue weighted by atomic mass is 9.98. The summed E-state index contributed by atoms with van der Waals surface area (Å²) in [5, 5.41) is 32.1. The number of aromatic nitrogens is 1. The number of aliphatic hydroxyl groups excluding tert-OH is 2. The van der Waals surface area contributed by atoms with Gasteiger partial charge in [-0.15, -0.1) is 0 Å². The van der Waals surface area contributed by atoms with Gasteiger partial charge in [0.2, 0.25) is 0 Å². The van der Waals surface area contributed by atoms with Crippen molar-refractivity contribution < 1.29 is 29.6 Å². The smallest absolute Gasteiger partial charge is 0.407 e. The van der Waals surface area contributed by atoms with Crippen LogP contribution in [-0.2, 0) is 4.74 Å². The van der Waals surface area contributed by atoms with Gasteiger partial charge in [-0.3, -0.25) is 0 Å². The maximum absolute atomic E-state index is 12.2. The summed E-state index contributed by atoms with van der Waals surface area (Å²) in [4.78, 5) is 27.2. The van der Waals surface area contributed by atoms with Crippen LogP contribution in [0.3, 0.4) is 0 Å². The Balaban J connectivity index is 1.36. The molecular formula is C24H22N2O6. The number of carboxylic acids is 1. The van der Waals surface area contributed by atoms with E-state index in [2.05, 4.69) is 10.3 Å². The molecule has 164 valence electrons. The van der Waals surface area contributed by atoms with Gasteiger partial charge < -0.3 is 25.4 Å². The van der Waals surface area contributed by atoms with Gasteiger partial charge in [-0.25, -0.2) is 14.6 Å². The zero-order chi connectivity index (χ0) is 22.7. The first-order valence-electron chi connectivity index (χ1n) is 10.1. The molecule has 8 heteroatoms. The van der Waals surface area contributed by atoms with Crippen molar-refractivity contribution in [2.24, 2.45) is 0 Å². The molecule has 0 radical (unpaired) electrons. The van der Waals surface area contributed by atoms with E-state index in [0.29, 0.717) is 0 Å². The lowest BCUT2D eigenvalue weighted by Gasteiger charge is -2.20. The molecule has 4 rings (SSSR count). The van der Waals surface area contributed by atoms with Crippen molar-refractivity contribution >= 4 is 12.1 Å². The normalized spacial score (nSPS) is 14.2. The van der Waals surface area contributed by atoms with Crippen LogP contribution in [-0.4, -0.2) is 51.6 Å². The quantitative estimate of drug-likeness (QED) is 0.450. The molecule has 0 saturated heterocycles. The van der Waals surface area contributed by atoms with Gasteiger partial charge in [0.15, 0.2) is 5.69 Å². The number of pyridine rings is 1. The first kappa shape index (κ1) is 21.5. The van der Waals surface area contributed by atoms with Gasteiger partial charge in [-0.05, 0) is 28.3 Å². The van der Waals surface area contributed by atoms with E-state index < -0.39 is 24.3 Å². The highest BCUT2D eigenvalue weighted by Crippen LogP contribution is 2.44. The Bertz CT molecular complexity index is 1100. The molecule has 1 aliphatic carbocycles. The molecule has 0 fully saturated rings. The number of fused-ring (bicyclic) bond motifs is 3. The number of nitrogens with zero attached hydrogens (tertiary/aromatic N) is 1. The SMILES string of the molecule is O=C(NCC(O)C(O)c1cccnc1C(=O)O)OCC1c2ccccc2-c2ccccc21. The van der Waals surface area contributed by atoms with Crippen LogP contribution in [0.15, 0.2) is 66.9 Å². The van der Waals surface area contributed by atoms with E-state index in [4.69, 9.17) is 4.74 Å². The van der Waals surface area contributed by atoms with Gasteiger partial charge in [0.05, 0.1) is 0 Å². The van der Waals surface area contributed by atoms with Gasteiger partial charge >= 0.3 is 12.1 Å². The van der Waals surface area contributed by atoms with Crippen molar-refractivity contribution in [3.63, 3.8) is 0 Å². The highest BCUT2D eigenvalue weighted by atomic mass is 16.5. The van der Waals surface area contributed by atoms with Crippen molar-refractivity contribution in [3.8, 4) is 11.1 Å². The molecule has 2 aromatic carbocycles. The molecule has 2 atom stereocenters. The van der Waals surface area contributed by atoms with E-state index in [-0.39, 0.29) is 30.3 Å². The first-order chi connectivity index (χ1) is 15.5. The number of carboxylic acid groups (broad SMARTS) is 1. The molecule has 0 saturated carbocycles. The number of aromatic carboxylic acids is 1. The largest absolute Gasteiger partial charge is 0.477 e. The molecule has 32 heavy (non-hydrogen) atoms. The fourth-order valence-corrected chi connectivity index (χ4v) is 3.99. The predicted octanol–water partition coefficient (Wildman–Crippen LogP) is 2.71. The molecule has 0 bridgehead atoms. The molecular weight excluding hydrogens is 412 g/mol. The van der Waals surface area contributed by atoms with Crippen LogP contribution in [0.4, 0.5) is 4.79 Å². The van der Waals surface area contributed by atoms with Crippen molar-refractivity contribution in [3.05, 3.63) is 89.2 Å². The number of rotatable bonds is 7. The molecule has 1 aromatic heterocycles. The van der Waals surface area contributed by atoms with Gasteiger partial charge in [-0.1, -0.05) is 54.6 Å². The van der Waals surface area contributed by atoms with Crippen molar-refractivity contribution in [1.29, 1.82) is 0 Å². The predicted molar refractivity (Wildman–Crippen MR) is 115 cm³/mol. The molecule has 2 unspecified atom stereocenters. The molecule has 3 aromatic rings. The van der Waals surface area contributed by atoms with Crippen LogP contribution in [0, 0.1) is 0 Å². The monoisotopic (exact) mass is 434 g/mol. The van der Waals surface area contributed by atoms with Crippen LogP contribution < -0.4 is 5.32 Å². The van der Waals surface area contributed by atoms with Crippen LogP contribution in [0.2, 0.25) is 0 Å². The molecule has 0 aliphatic heterocycles. The summed E-state index contributed by atoms with van der Waals surface area (Å²) < 4.78 is 5.39. The summed E-state index contributed by atoms with van der Waals surface area (Å²) in [6.07, 6.45) is -2.45. The Morgan fingerprint density at radius 3 is 2.22 bits per heavy atom. The molecule has 1 amide bonds. The maximum atomic E-state index is 12.2. The Labute approximate surface area is 184 Å². The number of aliphatic hydroxyl groups is 2. The molecule has 8 nitrogen and oxygen atoms in total. The van der Waals surface area contributed by atoms with Crippen molar-refractivity contribution in [2.45, 2.75) is 18.1 Å². The molecule has 4 N–H and O–H groups in total. The lowest BCUT2D eigenvalue weighted by molar-refractivity contribution is 0.0172. The second kappa shape index (κ2) is 9.17. The summed E-state index contributed by atoms with van der Waals surface area (Å²) >= 11 is 0. The van der Waals surface area contributed by atoms with Crippen molar-refractivity contribution in [1.82, 2.24) is 10.3 Å². The van der Waals surface area contributed by atoms with Gasteiger partial charge in [0, 0.05) is 24.2 Å². The first-order valence-corrected chi connectivity index (χ1v) is 10.1. The number of alkyl carbamates (subject to hydrolysis) is 1. The number of hydrogen-bond donors (Lipinski definition) is 4. The Hall–Kier alpha value is -3.75. The number of hydrogen-bond acceptors (Lipinski definition) is 6. The highest BCUT2D eigenvalue weighted by molar-refractivity contribution is 5.87. The minimum Gasteiger partial charge on any atom is -0.477 e. The fourth-order valence-electron chi connectivity index (χ4n) is 3.99. The number of nitrogens with one attached hydrogen (secondary N) is 1. The van der Waals surface area contributed by atoms with E-state index in [1.807, 2.05) is 48.5 Å². The Morgan fingerprint density at radius 1 is 0.969 bits per heavy atom. The highest BCUT2D eigenvalue weighted by Gasteiger charge is 2.29. The third-order valence-corrected chi connectivity index (χ3v) is 5.52. The number of ether oxygens (including phenoxy) is 1. The molecule has 0 spiro atoms. The standard InChI is InChI=1S/C24H22N2O6/c27-20(22(28)18-10-5-11-25-21(18)23(29)30)12-26-24(31)32-13-19-16-8-3-1-6-14(16)15-7-2-4-9-17(15)19/h1-11,19-20,22,27-28H,12-13H2,(H,26,31)(H,29,30). The van der Waals surface area contributed by atoms with Crippen LogP contribution in [0.5, 0.6) is 0 Å². The van der Waals surface area contributed by atoms with E-state index in [1.165, 1.54) is 18.3 Å². The van der Waals surface area contributed by atoms with Gasteiger partial charge in [0.1, 0.15) is 18.8 Å². The summed E-state index contributed by atoms with van der Waals surface area (Å²) in [6, 6.07) is 18.7. The minimum absolute atomic E-state index is 0.0400. The van der Waals surface area contributed by atoms with E-state index in [9.17, 15) is 24.9 Å². The third-order valence-electron chi connectivity index (χ3n) is 5.52. The molecule has 1 heterocycles. The number of benzene rings is 2. The summed E-state index contributed by atoms with van der Waals surface area (Å²) in [6.45, 7) is -0.212. The van der Waals surface area contributed by atoms with Gasteiger partial charge in [-0.2, -0.15) is 0 Å². The van der Waals surface area contributed by atoms with E-state index >= 15 is 0 Å². The fraction of sp³-hybridized carbons (Fsp3) is 0.208.